The lowest BCUT2D eigenvalue weighted by Crippen LogP contribution is -2.39. The van der Waals surface area contributed by atoms with Gasteiger partial charge >= 0.3 is 0 Å². The zero-order valence-electron chi connectivity index (χ0n) is 9.08. The Morgan fingerprint density at radius 1 is 1.50 bits per heavy atom. The minimum atomic E-state index is -0.157. The first-order valence-electron chi connectivity index (χ1n) is 4.65. The summed E-state index contributed by atoms with van der Waals surface area (Å²) < 4.78 is 10.00. The minimum absolute atomic E-state index is 0.0503. The fraction of sp³-hybridized carbons (Fsp3) is 0.889. The number of carbonyl (C=O) groups excluding carboxylic acids is 1. The highest BCUT2D eigenvalue weighted by Crippen LogP contribution is 1.93. The largest absolute Gasteiger partial charge is 0.382 e. The highest BCUT2D eigenvalue weighted by Gasteiger charge is 2.13. The number of methoxy groups -OCH3 is 2. The van der Waals surface area contributed by atoms with Gasteiger partial charge in [0.25, 0.3) is 0 Å². The lowest BCUT2D eigenvalue weighted by molar-refractivity contribution is -0.124. The molecule has 0 aliphatic heterocycles. The Labute approximate surface area is 84.9 Å². The van der Waals surface area contributed by atoms with Crippen LogP contribution in [-0.4, -0.2) is 45.9 Å². The Morgan fingerprint density at radius 3 is 2.57 bits per heavy atom. The summed E-state index contributed by atoms with van der Waals surface area (Å²) >= 11 is 0. The summed E-state index contributed by atoms with van der Waals surface area (Å²) in [5, 5.41) is 2.75. The number of rotatable bonds is 7. The van der Waals surface area contributed by atoms with E-state index in [1.54, 1.807) is 21.1 Å². The topological polar surface area (TPSA) is 73.6 Å². The summed E-state index contributed by atoms with van der Waals surface area (Å²) in [4.78, 5) is 11.3. The fourth-order valence-electron chi connectivity index (χ4n) is 0.892. The van der Waals surface area contributed by atoms with Gasteiger partial charge < -0.3 is 20.5 Å². The Bertz CT molecular complexity index is 164. The number of hydrogen-bond donors (Lipinski definition) is 2. The third-order valence-corrected chi connectivity index (χ3v) is 1.99. The van der Waals surface area contributed by atoms with Gasteiger partial charge in [-0.15, -0.1) is 0 Å². The molecule has 0 saturated carbocycles. The maximum Gasteiger partial charge on any atom is 0.224 e. The van der Waals surface area contributed by atoms with Crippen molar-refractivity contribution in [2.45, 2.75) is 13.0 Å². The van der Waals surface area contributed by atoms with Crippen LogP contribution in [0.25, 0.3) is 0 Å². The molecule has 2 atom stereocenters. The van der Waals surface area contributed by atoms with E-state index in [0.29, 0.717) is 19.7 Å². The predicted molar refractivity (Wildman–Crippen MR) is 53.9 cm³/mol. The van der Waals surface area contributed by atoms with Crippen molar-refractivity contribution in [3.8, 4) is 0 Å². The number of nitrogens with two attached hydrogens (primary N) is 1. The average Bonchev–Trinajstić information content (AvgIpc) is 2.22. The number of carbonyl (C=O) groups is 1. The summed E-state index contributed by atoms with van der Waals surface area (Å²) in [5.41, 5.74) is 5.35. The third kappa shape index (κ3) is 5.16. The smallest absolute Gasteiger partial charge is 0.224 e. The molecule has 0 rings (SSSR count). The fourth-order valence-corrected chi connectivity index (χ4v) is 0.892. The number of amides is 1. The summed E-state index contributed by atoms with van der Waals surface area (Å²) in [6, 6.07) is 0. The van der Waals surface area contributed by atoms with Crippen LogP contribution in [0.2, 0.25) is 0 Å². The molecule has 5 nitrogen and oxygen atoms in total. The Morgan fingerprint density at radius 2 is 2.14 bits per heavy atom. The molecule has 0 aliphatic carbocycles. The van der Waals surface area contributed by atoms with Crippen LogP contribution in [0.5, 0.6) is 0 Å². The average molecular weight is 204 g/mol. The molecule has 0 saturated heterocycles. The molecule has 0 bridgehead atoms. The van der Waals surface area contributed by atoms with Crippen molar-refractivity contribution >= 4 is 5.91 Å². The number of hydrogen-bond acceptors (Lipinski definition) is 4. The molecule has 0 fully saturated rings. The van der Waals surface area contributed by atoms with E-state index < -0.39 is 0 Å². The number of nitrogens with one attached hydrogen (secondary N) is 1. The van der Waals surface area contributed by atoms with Crippen molar-refractivity contribution in [1.29, 1.82) is 0 Å². The van der Waals surface area contributed by atoms with Crippen molar-refractivity contribution < 1.29 is 14.3 Å². The minimum Gasteiger partial charge on any atom is -0.382 e. The molecular weight excluding hydrogens is 184 g/mol. The van der Waals surface area contributed by atoms with Crippen molar-refractivity contribution in [1.82, 2.24) is 5.32 Å². The molecule has 3 N–H and O–H groups in total. The number of ether oxygens (including phenoxy) is 2. The first-order chi connectivity index (χ1) is 6.65. The van der Waals surface area contributed by atoms with Crippen molar-refractivity contribution in [2.75, 3.05) is 33.9 Å². The Kier molecular flexibility index (Phi) is 7.37. The summed E-state index contributed by atoms with van der Waals surface area (Å²) in [6.45, 7) is 3.06. The third-order valence-electron chi connectivity index (χ3n) is 1.99. The van der Waals surface area contributed by atoms with Gasteiger partial charge in [0.2, 0.25) is 5.91 Å². The maximum absolute atomic E-state index is 11.3. The second kappa shape index (κ2) is 7.73. The molecule has 1 amide bonds. The van der Waals surface area contributed by atoms with Crippen LogP contribution in [0, 0.1) is 5.92 Å². The molecule has 0 spiro atoms. The lowest BCUT2D eigenvalue weighted by Gasteiger charge is -2.16. The first-order valence-corrected chi connectivity index (χ1v) is 4.65. The molecule has 0 radical (unpaired) electrons. The molecule has 0 aliphatic rings. The zero-order valence-corrected chi connectivity index (χ0v) is 9.08. The van der Waals surface area contributed by atoms with Gasteiger partial charge in [0.1, 0.15) is 0 Å². The molecule has 14 heavy (non-hydrogen) atoms. The standard InChI is InChI=1S/C9H20N2O3/c1-7(4-10)9(12)11-5-8(14-3)6-13-2/h7-8H,4-6,10H2,1-3H3,(H,11,12). The lowest BCUT2D eigenvalue weighted by atomic mass is 10.1. The van der Waals surface area contributed by atoms with Crippen LogP contribution in [0.3, 0.4) is 0 Å². The van der Waals surface area contributed by atoms with Crippen molar-refractivity contribution in [3.05, 3.63) is 0 Å². The van der Waals surface area contributed by atoms with Crippen LogP contribution >= 0.6 is 0 Å². The van der Waals surface area contributed by atoms with E-state index in [0.717, 1.165) is 0 Å². The molecule has 0 aromatic carbocycles. The normalized spacial score (nSPS) is 14.9. The first kappa shape index (κ1) is 13.4. The summed E-state index contributed by atoms with van der Waals surface area (Å²) in [7, 11) is 3.18. The van der Waals surface area contributed by atoms with E-state index in [4.69, 9.17) is 15.2 Å². The van der Waals surface area contributed by atoms with E-state index in [1.165, 1.54) is 0 Å². The van der Waals surface area contributed by atoms with E-state index in [9.17, 15) is 4.79 Å². The van der Waals surface area contributed by atoms with Gasteiger partial charge in [0, 0.05) is 33.2 Å². The monoisotopic (exact) mass is 204 g/mol. The predicted octanol–water partition coefficient (Wildman–Crippen LogP) is -0.641. The van der Waals surface area contributed by atoms with Gasteiger partial charge in [-0.2, -0.15) is 0 Å². The quantitative estimate of drug-likeness (QED) is 0.578. The second-order valence-electron chi connectivity index (χ2n) is 3.19. The molecular formula is C9H20N2O3. The zero-order chi connectivity index (χ0) is 11.0. The molecule has 0 aromatic heterocycles. The van der Waals surface area contributed by atoms with Gasteiger partial charge in [-0.1, -0.05) is 6.92 Å². The van der Waals surface area contributed by atoms with Crippen LogP contribution in [-0.2, 0) is 14.3 Å². The van der Waals surface area contributed by atoms with E-state index in [1.807, 2.05) is 0 Å². The molecule has 0 aromatic rings. The van der Waals surface area contributed by atoms with Crippen LogP contribution < -0.4 is 11.1 Å². The van der Waals surface area contributed by atoms with Crippen molar-refractivity contribution in [3.63, 3.8) is 0 Å². The highest BCUT2D eigenvalue weighted by molar-refractivity contribution is 5.78. The van der Waals surface area contributed by atoms with Gasteiger partial charge in [-0.25, -0.2) is 0 Å². The SMILES string of the molecule is COCC(CNC(=O)C(C)CN)OC. The second-order valence-corrected chi connectivity index (χ2v) is 3.19. The molecule has 2 unspecified atom stereocenters. The molecule has 0 heterocycles. The molecule has 5 heteroatoms. The van der Waals surface area contributed by atoms with Crippen LogP contribution in [0.15, 0.2) is 0 Å². The summed E-state index contributed by atoms with van der Waals surface area (Å²) in [5.74, 6) is -0.208. The molecule has 84 valence electrons. The van der Waals surface area contributed by atoms with Crippen LogP contribution in [0.1, 0.15) is 6.92 Å². The van der Waals surface area contributed by atoms with Gasteiger partial charge in [0.05, 0.1) is 12.7 Å². The van der Waals surface area contributed by atoms with Gasteiger partial charge in [-0.05, 0) is 0 Å². The van der Waals surface area contributed by atoms with E-state index >= 15 is 0 Å². The Hall–Kier alpha value is -0.650. The van der Waals surface area contributed by atoms with Gasteiger partial charge in [-0.3, -0.25) is 4.79 Å². The van der Waals surface area contributed by atoms with Crippen molar-refractivity contribution in [2.24, 2.45) is 11.7 Å². The highest BCUT2D eigenvalue weighted by atomic mass is 16.5. The maximum atomic E-state index is 11.3. The van der Waals surface area contributed by atoms with Crippen LogP contribution in [0.4, 0.5) is 0 Å². The Balaban J connectivity index is 3.73. The van der Waals surface area contributed by atoms with E-state index in [2.05, 4.69) is 5.32 Å². The summed E-state index contributed by atoms with van der Waals surface area (Å²) in [6.07, 6.45) is -0.103. The van der Waals surface area contributed by atoms with Gasteiger partial charge in [0.15, 0.2) is 0 Å². The van der Waals surface area contributed by atoms with E-state index in [-0.39, 0.29) is 17.9 Å².